The molecule has 3 N–H and O–H groups in total. The number of hydrogen-bond acceptors (Lipinski definition) is 10. The lowest BCUT2D eigenvalue weighted by molar-refractivity contribution is -0.139. The molecule has 3 amide bonds. The van der Waals surface area contributed by atoms with Gasteiger partial charge in [-0.15, -0.1) is 0 Å². The molecular formula is C32H30BrClN4O9. The summed E-state index contributed by atoms with van der Waals surface area (Å²) in [5.41, 5.74) is 5.08. The molecule has 15 heteroatoms. The molecule has 5 rings (SSSR count). The van der Waals surface area contributed by atoms with E-state index in [-0.39, 0.29) is 43.7 Å². The average molecular weight is 730 g/mol. The van der Waals surface area contributed by atoms with Crippen molar-refractivity contribution < 1.29 is 42.8 Å². The summed E-state index contributed by atoms with van der Waals surface area (Å²) in [4.78, 5) is 37.3. The van der Waals surface area contributed by atoms with Gasteiger partial charge in [-0.2, -0.15) is 5.10 Å². The minimum absolute atomic E-state index is 0.176. The standard InChI is InChI=1S/C32H30BrClN4O9/c1-4-43-31(40)28-17(2)36-32(41)37-29(28)20-6-8-23(25(12-20)42-3)44-15-27(39)38-35-13-19-9-21(33)30(22(34)10-19)45-14-18-5-7-24-26(11-18)47-16-46-24/h5-13,29H,4,14-16H2,1-3H3,(H,38,39)(H2,36,37,41)/b35-13-/t29-/m1/s1. The Morgan fingerprint density at radius 3 is 2.68 bits per heavy atom. The van der Waals surface area contributed by atoms with Crippen LogP contribution in [0.4, 0.5) is 4.79 Å². The summed E-state index contributed by atoms with van der Waals surface area (Å²) in [5.74, 6) is 1.26. The smallest absolute Gasteiger partial charge is 0.338 e. The Kier molecular flexibility index (Phi) is 10.7. The van der Waals surface area contributed by atoms with Gasteiger partial charge in [-0.25, -0.2) is 15.0 Å². The van der Waals surface area contributed by atoms with Gasteiger partial charge in [-0.1, -0.05) is 23.7 Å². The third-order valence-corrected chi connectivity index (χ3v) is 7.76. The first-order valence-corrected chi connectivity index (χ1v) is 15.4. The Labute approximate surface area is 283 Å². The van der Waals surface area contributed by atoms with Crippen molar-refractivity contribution in [2.45, 2.75) is 26.5 Å². The van der Waals surface area contributed by atoms with Gasteiger partial charge in [-0.3, -0.25) is 4.79 Å². The number of nitrogens with zero attached hydrogens (tertiary/aromatic N) is 1. The van der Waals surface area contributed by atoms with Crippen LogP contribution in [0.2, 0.25) is 5.02 Å². The molecule has 13 nitrogen and oxygen atoms in total. The molecule has 0 aromatic heterocycles. The molecule has 47 heavy (non-hydrogen) atoms. The molecule has 0 unspecified atom stereocenters. The first-order valence-electron chi connectivity index (χ1n) is 14.2. The number of carbonyl (C=O) groups is 3. The van der Waals surface area contributed by atoms with Crippen molar-refractivity contribution in [1.82, 2.24) is 16.1 Å². The van der Waals surface area contributed by atoms with E-state index >= 15 is 0 Å². The van der Waals surface area contributed by atoms with Crippen molar-refractivity contribution in [3.05, 3.63) is 86.0 Å². The zero-order chi connectivity index (χ0) is 33.5. The van der Waals surface area contributed by atoms with Gasteiger partial charge in [0, 0.05) is 5.70 Å². The van der Waals surface area contributed by atoms with E-state index in [0.29, 0.717) is 43.6 Å². The molecule has 0 saturated carbocycles. The Balaban J connectivity index is 1.16. The van der Waals surface area contributed by atoms with E-state index in [4.69, 9.17) is 40.0 Å². The maximum absolute atomic E-state index is 12.6. The van der Waals surface area contributed by atoms with E-state index in [1.165, 1.54) is 13.3 Å². The third kappa shape index (κ3) is 8.07. The number of ether oxygens (including phenoxy) is 6. The van der Waals surface area contributed by atoms with Crippen LogP contribution in [-0.4, -0.2) is 51.2 Å². The highest BCUT2D eigenvalue weighted by molar-refractivity contribution is 9.10. The van der Waals surface area contributed by atoms with E-state index in [1.54, 1.807) is 44.2 Å². The summed E-state index contributed by atoms with van der Waals surface area (Å²) in [6.07, 6.45) is 1.43. The maximum atomic E-state index is 12.6. The molecule has 1 atom stereocenters. The van der Waals surface area contributed by atoms with Crippen LogP contribution in [0, 0.1) is 0 Å². The predicted octanol–water partition coefficient (Wildman–Crippen LogP) is 5.14. The number of amides is 3. The molecule has 0 aliphatic carbocycles. The van der Waals surface area contributed by atoms with Gasteiger partial charge in [0.05, 0.1) is 41.0 Å². The molecule has 3 aromatic carbocycles. The Hall–Kier alpha value is -4.95. The first-order chi connectivity index (χ1) is 22.7. The summed E-state index contributed by atoms with van der Waals surface area (Å²) >= 11 is 9.94. The van der Waals surface area contributed by atoms with Crippen molar-refractivity contribution in [2.75, 3.05) is 27.1 Å². The van der Waals surface area contributed by atoms with Crippen molar-refractivity contribution in [3.8, 4) is 28.7 Å². The van der Waals surface area contributed by atoms with Gasteiger partial charge in [-0.05, 0) is 82.9 Å². The number of esters is 1. The maximum Gasteiger partial charge on any atom is 0.338 e. The van der Waals surface area contributed by atoms with Crippen molar-refractivity contribution >= 4 is 51.7 Å². The number of nitrogens with one attached hydrogen (secondary N) is 3. The number of allylic oxidation sites excluding steroid dienone is 1. The quantitative estimate of drug-likeness (QED) is 0.131. The molecule has 246 valence electrons. The van der Waals surface area contributed by atoms with Crippen molar-refractivity contribution in [2.24, 2.45) is 5.10 Å². The fraction of sp³-hybridized carbons (Fsp3) is 0.250. The lowest BCUT2D eigenvalue weighted by atomic mass is 9.95. The van der Waals surface area contributed by atoms with Gasteiger partial charge < -0.3 is 39.1 Å². The molecular weight excluding hydrogens is 700 g/mol. The summed E-state index contributed by atoms with van der Waals surface area (Å²) in [6, 6.07) is 12.5. The van der Waals surface area contributed by atoms with Crippen LogP contribution in [0.3, 0.4) is 0 Å². The second-order valence-electron chi connectivity index (χ2n) is 10.1. The highest BCUT2D eigenvalue weighted by Crippen LogP contribution is 2.37. The lowest BCUT2D eigenvalue weighted by Crippen LogP contribution is -2.45. The molecule has 0 fully saturated rings. The molecule has 0 bridgehead atoms. The van der Waals surface area contributed by atoms with Gasteiger partial charge in [0.2, 0.25) is 6.79 Å². The second-order valence-corrected chi connectivity index (χ2v) is 11.3. The predicted molar refractivity (Wildman–Crippen MR) is 174 cm³/mol. The number of urea groups is 1. The van der Waals surface area contributed by atoms with Gasteiger partial charge in [0.1, 0.15) is 6.61 Å². The molecule has 0 saturated heterocycles. The lowest BCUT2D eigenvalue weighted by Gasteiger charge is -2.28. The molecule has 3 aromatic rings. The fourth-order valence-corrected chi connectivity index (χ4v) is 5.73. The van der Waals surface area contributed by atoms with Crippen LogP contribution < -0.4 is 39.7 Å². The molecule has 0 spiro atoms. The number of hydrogen-bond donors (Lipinski definition) is 3. The van der Waals surface area contributed by atoms with Crippen LogP contribution in [0.25, 0.3) is 0 Å². The Morgan fingerprint density at radius 2 is 1.91 bits per heavy atom. The van der Waals surface area contributed by atoms with Crippen molar-refractivity contribution in [1.29, 1.82) is 0 Å². The number of fused-ring (bicyclic) bond motifs is 1. The minimum Gasteiger partial charge on any atom is -0.493 e. The highest BCUT2D eigenvalue weighted by atomic mass is 79.9. The second kappa shape index (κ2) is 15.1. The summed E-state index contributed by atoms with van der Waals surface area (Å²) < 4.78 is 33.5. The van der Waals surface area contributed by atoms with E-state index < -0.39 is 23.9 Å². The average Bonchev–Trinajstić information content (AvgIpc) is 3.51. The van der Waals surface area contributed by atoms with E-state index in [9.17, 15) is 14.4 Å². The molecule has 2 aliphatic rings. The fourth-order valence-electron chi connectivity index (χ4n) is 4.74. The number of rotatable bonds is 12. The SMILES string of the molecule is CCOC(=O)C1=C(C)NC(=O)N[C@@H]1c1ccc(OCC(=O)N/N=C\c2cc(Cl)c(OCc3ccc4c(c3)OCO4)c(Br)c2)c(OC)c1. The van der Waals surface area contributed by atoms with Crippen LogP contribution in [0.15, 0.2) is 69.4 Å². The third-order valence-electron chi connectivity index (χ3n) is 6.89. The summed E-state index contributed by atoms with van der Waals surface area (Å²) in [7, 11) is 1.43. The molecule has 0 radical (unpaired) electrons. The number of carbonyl (C=O) groups excluding carboxylic acids is 3. The monoisotopic (exact) mass is 728 g/mol. The first kappa shape index (κ1) is 33.4. The molecule has 2 aliphatic heterocycles. The topological polar surface area (TPSA) is 155 Å². The highest BCUT2D eigenvalue weighted by Gasteiger charge is 2.32. The zero-order valence-electron chi connectivity index (χ0n) is 25.5. The van der Waals surface area contributed by atoms with Gasteiger partial charge >= 0.3 is 12.0 Å². The largest absolute Gasteiger partial charge is 0.493 e. The summed E-state index contributed by atoms with van der Waals surface area (Å²) in [6.45, 7) is 3.57. The Bertz CT molecular complexity index is 1740. The van der Waals surface area contributed by atoms with Crippen LogP contribution in [0.1, 0.15) is 36.6 Å². The van der Waals surface area contributed by atoms with Gasteiger partial charge in [0.25, 0.3) is 5.91 Å². The normalized spacial score (nSPS) is 15.2. The number of methoxy groups -OCH3 is 1. The Morgan fingerprint density at radius 1 is 1.11 bits per heavy atom. The van der Waals surface area contributed by atoms with E-state index in [0.717, 1.165) is 5.56 Å². The zero-order valence-corrected chi connectivity index (χ0v) is 27.8. The van der Waals surface area contributed by atoms with Crippen LogP contribution in [0.5, 0.6) is 28.7 Å². The van der Waals surface area contributed by atoms with Crippen molar-refractivity contribution in [3.63, 3.8) is 0 Å². The molecule has 2 heterocycles. The minimum atomic E-state index is -0.785. The van der Waals surface area contributed by atoms with Crippen LogP contribution in [-0.2, 0) is 20.9 Å². The van der Waals surface area contributed by atoms with E-state index in [2.05, 4.69) is 37.1 Å². The van der Waals surface area contributed by atoms with E-state index in [1.807, 2.05) is 18.2 Å². The number of halogens is 2. The van der Waals surface area contributed by atoms with Gasteiger partial charge in [0.15, 0.2) is 35.4 Å². The summed E-state index contributed by atoms with van der Waals surface area (Å²) in [5, 5.41) is 9.65. The number of benzene rings is 3. The van der Waals surface area contributed by atoms with Crippen LogP contribution >= 0.6 is 27.5 Å². The number of hydrazone groups is 1.